The van der Waals surface area contributed by atoms with Crippen molar-refractivity contribution in [2.75, 3.05) is 6.54 Å². The number of H-pyrrole nitrogens is 1. The lowest BCUT2D eigenvalue weighted by atomic mass is 9.65. The van der Waals surface area contributed by atoms with Gasteiger partial charge in [0.1, 0.15) is 17.0 Å². The zero-order chi connectivity index (χ0) is 35.4. The van der Waals surface area contributed by atoms with E-state index in [4.69, 9.17) is 15.1 Å². The second kappa shape index (κ2) is 12.3. The second-order valence-electron chi connectivity index (χ2n) is 13.5. The van der Waals surface area contributed by atoms with Gasteiger partial charge < -0.3 is 15.0 Å². The standard InChI is InChI=1S/C47H33N5O/c48-45(52-46-38(32-11-5-2-6-12-32)25-35(27-51-46)30-9-3-1-4-10-30)33-17-15-31(16-18-33)34-19-20-37-36-13-7-8-14-39(36)47(40(37)26-34)41-28-49-23-21-43(41)53-44-22-24-50-29-42(44)47/h1-28,50H,29H2,(H2,48,51,52). The van der Waals surface area contributed by atoms with Crippen molar-refractivity contribution in [2.24, 2.45) is 4.99 Å². The van der Waals surface area contributed by atoms with E-state index in [2.05, 4.69) is 100 Å². The van der Waals surface area contributed by atoms with Gasteiger partial charge in [0.2, 0.25) is 0 Å². The van der Waals surface area contributed by atoms with E-state index in [-0.39, 0.29) is 5.84 Å². The smallest absolute Gasteiger partial charge is 0.154 e. The Kier molecular flexibility index (Phi) is 7.15. The van der Waals surface area contributed by atoms with E-state index in [0.29, 0.717) is 12.0 Å². The van der Waals surface area contributed by atoms with Crippen LogP contribution in [0.15, 0.2) is 187 Å². The molecule has 1 unspecified atom stereocenters. The van der Waals surface area contributed by atoms with Crippen LogP contribution < -0.4 is 15.5 Å². The molecule has 6 heteroatoms. The molecule has 3 aliphatic rings. The number of nitrogens with zero attached hydrogens (tertiary/aromatic N) is 2. The summed E-state index contributed by atoms with van der Waals surface area (Å²) in [5.41, 5.74) is 14.2. The van der Waals surface area contributed by atoms with E-state index in [9.17, 15) is 0 Å². The van der Waals surface area contributed by atoms with Crippen LogP contribution in [0.4, 0.5) is 0 Å². The number of fused-ring (bicyclic) bond motifs is 8. The fourth-order valence-corrected chi connectivity index (χ4v) is 8.22. The van der Waals surface area contributed by atoms with Crippen LogP contribution in [0.2, 0.25) is 0 Å². The number of benzene rings is 5. The summed E-state index contributed by atoms with van der Waals surface area (Å²) < 4.78 is 6.49. The number of aromatic nitrogens is 2. The van der Waals surface area contributed by atoms with Gasteiger partial charge in [0.05, 0.1) is 5.41 Å². The minimum atomic E-state index is -0.555. The second-order valence-corrected chi connectivity index (χ2v) is 13.5. The lowest BCUT2D eigenvalue weighted by Gasteiger charge is -2.41. The Morgan fingerprint density at radius 1 is 0.660 bits per heavy atom. The zero-order valence-corrected chi connectivity index (χ0v) is 28.7. The fourth-order valence-electron chi connectivity index (χ4n) is 8.22. The zero-order valence-electron chi connectivity index (χ0n) is 28.7. The highest BCUT2D eigenvalue weighted by molar-refractivity contribution is 5.98. The summed E-state index contributed by atoms with van der Waals surface area (Å²) in [6, 6.07) is 48.2. The van der Waals surface area contributed by atoms with Crippen LogP contribution in [0.5, 0.6) is 5.75 Å². The number of pyridine rings is 2. The minimum Gasteiger partial charge on any atom is -0.457 e. The first-order valence-corrected chi connectivity index (χ1v) is 17.8. The number of rotatable bonds is 4. The number of nitrogens with one attached hydrogen (secondary N) is 3. The number of ether oxygens (including phenoxy) is 1. The molecule has 1 atom stereocenters. The Labute approximate surface area is 307 Å². The summed E-state index contributed by atoms with van der Waals surface area (Å²) in [6.45, 7) is 0.664. The summed E-state index contributed by atoms with van der Waals surface area (Å²) in [6.07, 6.45) is 9.72. The van der Waals surface area contributed by atoms with Crippen molar-refractivity contribution in [3.05, 3.63) is 209 Å². The lowest BCUT2D eigenvalue weighted by Crippen LogP contribution is -2.39. The highest BCUT2D eigenvalue weighted by atomic mass is 16.5. The first kappa shape index (κ1) is 30.7. The highest BCUT2D eigenvalue weighted by Crippen LogP contribution is 2.60. The molecule has 53 heavy (non-hydrogen) atoms. The van der Waals surface area contributed by atoms with Crippen LogP contribution in [-0.4, -0.2) is 22.3 Å². The van der Waals surface area contributed by atoms with Crippen molar-refractivity contribution >= 4 is 5.84 Å². The molecule has 3 N–H and O–H groups in total. The molecular formula is C47H33N5O. The Bertz CT molecular complexity index is 2710. The van der Waals surface area contributed by atoms with Crippen LogP contribution in [0, 0.1) is 5.41 Å². The van der Waals surface area contributed by atoms with Gasteiger partial charge in [-0.2, -0.15) is 0 Å². The fraction of sp³-hybridized carbons (Fsp3) is 0.0426. The normalized spacial score (nSPS) is 16.6. The third kappa shape index (κ3) is 4.91. The minimum absolute atomic E-state index is 0.185. The summed E-state index contributed by atoms with van der Waals surface area (Å²) in [7, 11) is 0. The van der Waals surface area contributed by atoms with Crippen LogP contribution in [0.3, 0.4) is 0 Å². The molecule has 0 bridgehead atoms. The van der Waals surface area contributed by atoms with Crippen LogP contribution in [0.25, 0.3) is 44.5 Å². The van der Waals surface area contributed by atoms with E-state index in [0.717, 1.165) is 56.0 Å². The van der Waals surface area contributed by atoms with Crippen LogP contribution in [-0.2, 0) is 5.41 Å². The molecular weight excluding hydrogens is 651 g/mol. The summed E-state index contributed by atoms with van der Waals surface area (Å²) in [5.74, 6) is 1.89. The average Bonchev–Trinajstić information content (AvgIpc) is 3.51. The topological polar surface area (TPSA) is 86.2 Å². The number of dihydropyridines is 1. The molecule has 252 valence electrons. The first-order valence-electron chi connectivity index (χ1n) is 17.8. The molecule has 0 saturated carbocycles. The number of hydrogen-bond acceptors (Lipinski definition) is 4. The third-order valence-corrected chi connectivity index (χ3v) is 10.7. The number of allylic oxidation sites excluding steroid dienone is 1. The Morgan fingerprint density at radius 2 is 1.38 bits per heavy atom. The molecule has 2 aromatic heterocycles. The molecule has 1 spiro atoms. The molecule has 0 radical (unpaired) electrons. The van der Waals surface area contributed by atoms with Gasteiger partial charge in [-0.05, 0) is 74.3 Å². The van der Waals surface area contributed by atoms with Crippen molar-refractivity contribution in [3.63, 3.8) is 0 Å². The van der Waals surface area contributed by atoms with Crippen molar-refractivity contribution in [1.29, 1.82) is 5.41 Å². The molecule has 0 saturated heterocycles. The Balaban J connectivity index is 1.05. The first-order chi connectivity index (χ1) is 26.2. The van der Waals surface area contributed by atoms with E-state index in [1.165, 1.54) is 27.8 Å². The van der Waals surface area contributed by atoms with Crippen LogP contribution >= 0.6 is 0 Å². The summed E-state index contributed by atoms with van der Waals surface area (Å²) in [4.78, 5) is 12.8. The van der Waals surface area contributed by atoms with E-state index in [1.807, 2.05) is 79.3 Å². The largest absolute Gasteiger partial charge is 0.457 e. The van der Waals surface area contributed by atoms with Crippen molar-refractivity contribution in [1.82, 2.24) is 15.3 Å². The maximum Gasteiger partial charge on any atom is 0.154 e. The quantitative estimate of drug-likeness (QED) is 0.128. The summed E-state index contributed by atoms with van der Waals surface area (Å²) >= 11 is 0. The van der Waals surface area contributed by atoms with Gasteiger partial charge in [-0.25, -0.2) is 4.99 Å². The molecule has 10 rings (SSSR count). The predicted octanol–water partition coefficient (Wildman–Crippen LogP) is 9.42. The SMILES string of the molecule is N=C(N=c1[nH]cc(-c2ccccc2)cc1-c1ccccc1)c1ccc(-c2ccc3c(c2)C2(C4=C(C=CNC4)Oc4ccncc42)c2ccccc2-3)cc1. The maximum absolute atomic E-state index is 9.06. The van der Waals surface area contributed by atoms with Crippen LogP contribution in [0.1, 0.15) is 22.3 Å². The molecule has 0 fully saturated rings. The van der Waals surface area contributed by atoms with E-state index in [1.54, 1.807) is 6.20 Å². The van der Waals surface area contributed by atoms with E-state index >= 15 is 0 Å². The molecule has 0 amide bonds. The van der Waals surface area contributed by atoms with Crippen molar-refractivity contribution < 1.29 is 4.74 Å². The molecule has 5 aromatic carbocycles. The van der Waals surface area contributed by atoms with Gasteiger partial charge in [-0.1, -0.05) is 121 Å². The van der Waals surface area contributed by atoms with Crippen molar-refractivity contribution in [2.45, 2.75) is 5.41 Å². The van der Waals surface area contributed by atoms with Gasteiger partial charge in [0.15, 0.2) is 5.84 Å². The van der Waals surface area contributed by atoms with Gasteiger partial charge in [0.25, 0.3) is 0 Å². The van der Waals surface area contributed by atoms with Gasteiger partial charge in [0, 0.05) is 53.6 Å². The molecule has 6 nitrogen and oxygen atoms in total. The molecule has 4 heterocycles. The third-order valence-electron chi connectivity index (χ3n) is 10.7. The Hall–Kier alpha value is -7.05. The predicted molar refractivity (Wildman–Crippen MR) is 210 cm³/mol. The number of hydrogen-bond donors (Lipinski definition) is 3. The van der Waals surface area contributed by atoms with E-state index < -0.39 is 5.41 Å². The Morgan fingerprint density at radius 3 is 2.21 bits per heavy atom. The average molecular weight is 684 g/mol. The van der Waals surface area contributed by atoms with Gasteiger partial charge in [-0.3, -0.25) is 10.4 Å². The number of amidine groups is 1. The highest BCUT2D eigenvalue weighted by Gasteiger charge is 2.52. The van der Waals surface area contributed by atoms with Gasteiger partial charge >= 0.3 is 0 Å². The molecule has 2 aliphatic heterocycles. The number of aromatic amines is 1. The van der Waals surface area contributed by atoms with Crippen molar-refractivity contribution in [3.8, 4) is 50.3 Å². The molecule has 7 aromatic rings. The molecule has 1 aliphatic carbocycles. The maximum atomic E-state index is 9.06. The lowest BCUT2D eigenvalue weighted by molar-refractivity contribution is 0.389. The summed E-state index contributed by atoms with van der Waals surface area (Å²) in [5, 5.41) is 12.5. The van der Waals surface area contributed by atoms with Gasteiger partial charge in [-0.15, -0.1) is 0 Å². The monoisotopic (exact) mass is 683 g/mol.